The predicted molar refractivity (Wildman–Crippen MR) is 87.7 cm³/mol. The Bertz CT molecular complexity index is 976. The van der Waals surface area contributed by atoms with Crippen molar-refractivity contribution in [1.82, 2.24) is 0 Å². The minimum Gasteiger partial charge on any atom is -0.465 e. The van der Waals surface area contributed by atoms with Gasteiger partial charge in [-0.3, -0.25) is 4.72 Å². The monoisotopic (exact) mass is 447 g/mol. The Kier molecular flexibility index (Phi) is 5.72. The molecular formula is C15H11F6NO4S2. The third-order valence-corrected chi connectivity index (χ3v) is 6.17. The number of methoxy groups -OCH3 is 1. The number of thiophene rings is 1. The average Bonchev–Trinajstić information content (AvgIpc) is 2.94. The molecule has 5 nitrogen and oxygen atoms in total. The summed E-state index contributed by atoms with van der Waals surface area (Å²) in [5, 5.41) is 1.29. The molecule has 0 spiro atoms. The van der Waals surface area contributed by atoms with E-state index in [4.69, 9.17) is 0 Å². The summed E-state index contributed by atoms with van der Waals surface area (Å²) in [7, 11) is -3.70. The minimum atomic E-state index is -5.14. The lowest BCUT2D eigenvalue weighted by Crippen LogP contribution is -2.18. The van der Waals surface area contributed by atoms with E-state index in [9.17, 15) is 39.6 Å². The van der Waals surface area contributed by atoms with E-state index in [2.05, 4.69) is 4.74 Å². The highest BCUT2D eigenvalue weighted by molar-refractivity contribution is 7.93. The molecule has 0 aliphatic carbocycles. The summed E-state index contributed by atoms with van der Waals surface area (Å²) in [6.45, 7) is 1.31. The van der Waals surface area contributed by atoms with Crippen LogP contribution in [0.15, 0.2) is 28.5 Å². The first kappa shape index (κ1) is 22.0. The molecule has 1 aromatic heterocycles. The van der Waals surface area contributed by atoms with Gasteiger partial charge in [0.25, 0.3) is 10.0 Å². The number of carbonyl (C=O) groups excluding carboxylic acids is 1. The van der Waals surface area contributed by atoms with Crippen LogP contribution in [0.25, 0.3) is 0 Å². The quantitative estimate of drug-likeness (QED) is 0.546. The lowest BCUT2D eigenvalue weighted by molar-refractivity contribution is -0.143. The van der Waals surface area contributed by atoms with E-state index in [1.807, 2.05) is 0 Å². The topological polar surface area (TPSA) is 72.5 Å². The van der Waals surface area contributed by atoms with E-state index in [1.54, 1.807) is 4.72 Å². The van der Waals surface area contributed by atoms with E-state index >= 15 is 0 Å². The number of carbonyl (C=O) groups is 1. The van der Waals surface area contributed by atoms with Crippen molar-refractivity contribution in [1.29, 1.82) is 0 Å². The number of hydrogen-bond donors (Lipinski definition) is 1. The summed E-state index contributed by atoms with van der Waals surface area (Å²) in [5.41, 5.74) is -4.25. The molecule has 0 aliphatic rings. The van der Waals surface area contributed by atoms with Gasteiger partial charge in [0, 0.05) is 0 Å². The van der Waals surface area contributed by atoms with Crippen LogP contribution in [-0.4, -0.2) is 21.5 Å². The molecule has 0 amide bonds. The van der Waals surface area contributed by atoms with Crippen LogP contribution in [0.2, 0.25) is 0 Å². The zero-order valence-corrected chi connectivity index (χ0v) is 15.7. The number of esters is 1. The fraction of sp³-hybridized carbons (Fsp3) is 0.267. The number of rotatable bonds is 4. The number of hydrogen-bond acceptors (Lipinski definition) is 5. The predicted octanol–water partition coefficient (Wildman–Crippen LogP) is 4.68. The van der Waals surface area contributed by atoms with Crippen molar-refractivity contribution in [2.24, 2.45) is 0 Å². The van der Waals surface area contributed by atoms with Gasteiger partial charge in [-0.2, -0.15) is 26.3 Å². The molecule has 0 radical (unpaired) electrons. The molecule has 0 fully saturated rings. The van der Waals surface area contributed by atoms with Gasteiger partial charge in [-0.05, 0) is 36.1 Å². The maximum Gasteiger partial charge on any atom is 0.416 e. The molecule has 13 heteroatoms. The van der Waals surface area contributed by atoms with Crippen molar-refractivity contribution >= 4 is 33.0 Å². The van der Waals surface area contributed by atoms with Gasteiger partial charge in [-0.25, -0.2) is 13.2 Å². The minimum absolute atomic E-state index is 0.0703. The number of sulfonamides is 1. The molecule has 0 atom stereocenters. The van der Waals surface area contributed by atoms with Crippen LogP contribution in [0.5, 0.6) is 0 Å². The second-order valence-corrected chi connectivity index (χ2v) is 7.97. The summed E-state index contributed by atoms with van der Waals surface area (Å²) in [6, 6.07) is 0.326. The average molecular weight is 447 g/mol. The number of halogens is 6. The summed E-state index contributed by atoms with van der Waals surface area (Å²) in [5.74, 6) is -1.02. The van der Waals surface area contributed by atoms with Gasteiger partial charge in [0.05, 0.1) is 23.9 Å². The molecule has 154 valence electrons. The van der Waals surface area contributed by atoms with Crippen molar-refractivity contribution in [2.45, 2.75) is 24.2 Å². The fourth-order valence-corrected chi connectivity index (χ4v) is 4.97. The molecule has 0 saturated carbocycles. The standard InChI is InChI=1S/C15H11F6NO4S2/c1-7-6-27-11(13(23)26-2)12(7)28(24,25)22-10-4-8(14(16,17)18)3-9(5-10)15(19,20)21/h3-6,22H,1-2H3. The van der Waals surface area contributed by atoms with Gasteiger partial charge in [-0.1, -0.05) is 0 Å². The highest BCUT2D eigenvalue weighted by Gasteiger charge is 2.37. The summed E-state index contributed by atoms with van der Waals surface area (Å²) in [4.78, 5) is 10.8. The van der Waals surface area contributed by atoms with Crippen molar-refractivity contribution in [3.8, 4) is 0 Å². The van der Waals surface area contributed by atoms with E-state index in [-0.39, 0.29) is 28.6 Å². The Morgan fingerprint density at radius 1 is 1.04 bits per heavy atom. The van der Waals surface area contributed by atoms with Gasteiger partial charge in [0.15, 0.2) is 0 Å². The Hall–Kier alpha value is -2.28. The van der Waals surface area contributed by atoms with Crippen LogP contribution in [0.1, 0.15) is 26.4 Å². The van der Waals surface area contributed by atoms with Crippen molar-refractivity contribution < 1.29 is 44.3 Å². The summed E-state index contributed by atoms with van der Waals surface area (Å²) in [6.07, 6.45) is -10.3. The number of alkyl halides is 6. The van der Waals surface area contributed by atoms with Gasteiger partial charge in [-0.15, -0.1) is 11.3 Å². The first-order valence-corrected chi connectivity index (χ1v) is 9.52. The van der Waals surface area contributed by atoms with Crippen molar-refractivity contribution in [2.75, 3.05) is 11.8 Å². The molecule has 1 aromatic carbocycles. The smallest absolute Gasteiger partial charge is 0.416 e. The molecule has 0 aliphatic heterocycles. The number of ether oxygens (including phenoxy) is 1. The van der Waals surface area contributed by atoms with Crippen LogP contribution in [-0.2, 0) is 27.1 Å². The number of aryl methyl sites for hydroxylation is 1. The Morgan fingerprint density at radius 3 is 1.96 bits per heavy atom. The van der Waals surface area contributed by atoms with E-state index in [0.29, 0.717) is 11.3 Å². The van der Waals surface area contributed by atoms with Crippen molar-refractivity contribution in [3.05, 3.63) is 45.1 Å². The molecule has 0 bridgehead atoms. The first-order chi connectivity index (χ1) is 12.7. The largest absolute Gasteiger partial charge is 0.465 e. The molecule has 1 heterocycles. The second kappa shape index (κ2) is 7.28. The number of benzene rings is 1. The van der Waals surface area contributed by atoms with Crippen LogP contribution >= 0.6 is 11.3 Å². The molecule has 0 unspecified atom stereocenters. The van der Waals surface area contributed by atoms with Crippen LogP contribution in [0.3, 0.4) is 0 Å². The van der Waals surface area contributed by atoms with Gasteiger partial charge >= 0.3 is 18.3 Å². The highest BCUT2D eigenvalue weighted by Crippen LogP contribution is 2.38. The van der Waals surface area contributed by atoms with Gasteiger partial charge in [0.2, 0.25) is 0 Å². The van der Waals surface area contributed by atoms with Crippen molar-refractivity contribution in [3.63, 3.8) is 0 Å². The van der Waals surface area contributed by atoms with E-state index in [0.717, 1.165) is 7.11 Å². The zero-order chi connectivity index (χ0) is 21.5. The maximum atomic E-state index is 12.9. The van der Waals surface area contributed by atoms with E-state index in [1.165, 1.54) is 12.3 Å². The number of nitrogens with one attached hydrogen (secondary N) is 1. The van der Waals surface area contributed by atoms with E-state index < -0.39 is 50.1 Å². The molecule has 2 rings (SSSR count). The second-order valence-electron chi connectivity index (χ2n) is 5.47. The third-order valence-electron chi connectivity index (χ3n) is 3.40. The van der Waals surface area contributed by atoms with Crippen LogP contribution in [0.4, 0.5) is 32.0 Å². The van der Waals surface area contributed by atoms with Gasteiger partial charge in [0.1, 0.15) is 9.77 Å². The fourth-order valence-electron chi connectivity index (χ4n) is 2.22. The lowest BCUT2D eigenvalue weighted by atomic mass is 10.1. The highest BCUT2D eigenvalue weighted by atomic mass is 32.2. The summed E-state index contributed by atoms with van der Waals surface area (Å²) < 4.78 is 109. The zero-order valence-electron chi connectivity index (χ0n) is 14.0. The molecule has 0 saturated heterocycles. The third kappa shape index (κ3) is 4.58. The van der Waals surface area contributed by atoms with Crippen LogP contribution < -0.4 is 4.72 Å². The molecule has 2 aromatic rings. The van der Waals surface area contributed by atoms with Gasteiger partial charge < -0.3 is 4.74 Å². The normalized spacial score (nSPS) is 12.7. The van der Waals surface area contributed by atoms with Crippen LogP contribution in [0, 0.1) is 6.92 Å². The Morgan fingerprint density at radius 2 is 1.54 bits per heavy atom. The Balaban J connectivity index is 2.59. The first-order valence-electron chi connectivity index (χ1n) is 7.15. The Labute approximate surface area is 159 Å². The molecule has 1 N–H and O–H groups in total. The SMILES string of the molecule is COC(=O)c1scc(C)c1S(=O)(=O)Nc1cc(C(F)(F)F)cc(C(F)(F)F)c1. The summed E-state index contributed by atoms with van der Waals surface area (Å²) >= 11 is 0.707. The lowest BCUT2D eigenvalue weighted by Gasteiger charge is -2.15. The number of anilines is 1. The maximum absolute atomic E-state index is 12.9. The molecular weight excluding hydrogens is 436 g/mol. The molecule has 28 heavy (non-hydrogen) atoms.